The predicted octanol–water partition coefficient (Wildman–Crippen LogP) is 1.00. The van der Waals surface area contributed by atoms with E-state index in [1.54, 1.807) is 25.4 Å². The van der Waals surface area contributed by atoms with E-state index < -0.39 is 0 Å². The molecule has 2 heterocycles. The van der Waals surface area contributed by atoms with E-state index in [0.717, 1.165) is 16.7 Å². The Kier molecular flexibility index (Phi) is 5.03. The smallest absolute Gasteiger partial charge is 0.346 e. The number of amides is 1. The number of carbonyl (C=O) groups is 1. The minimum absolute atomic E-state index is 0.117. The number of nitrogens with zero attached hydrogens (tertiary/aromatic N) is 4. The highest BCUT2D eigenvalue weighted by molar-refractivity contribution is 5.75. The fourth-order valence-electron chi connectivity index (χ4n) is 2.49. The molecular formula is C18H19N5O2. The lowest BCUT2D eigenvalue weighted by molar-refractivity contribution is -0.121. The van der Waals surface area contributed by atoms with E-state index in [0.29, 0.717) is 18.1 Å². The van der Waals surface area contributed by atoms with E-state index in [4.69, 9.17) is 0 Å². The fourth-order valence-corrected chi connectivity index (χ4v) is 2.49. The SMILES string of the molecule is Cn1c(-c2ccccn2)nn(CC(=O)NCCc2ccccc2)c1=O. The molecule has 1 N–H and O–H groups in total. The van der Waals surface area contributed by atoms with Crippen LogP contribution in [0.2, 0.25) is 0 Å². The molecule has 3 rings (SSSR count). The van der Waals surface area contributed by atoms with Crippen molar-refractivity contribution in [2.75, 3.05) is 6.54 Å². The van der Waals surface area contributed by atoms with E-state index in [1.807, 2.05) is 36.4 Å². The highest BCUT2D eigenvalue weighted by Crippen LogP contribution is 2.10. The van der Waals surface area contributed by atoms with Gasteiger partial charge < -0.3 is 5.32 Å². The normalized spacial score (nSPS) is 10.6. The third-order valence-corrected chi connectivity index (χ3v) is 3.81. The van der Waals surface area contributed by atoms with Crippen molar-refractivity contribution in [1.82, 2.24) is 24.6 Å². The number of nitrogens with one attached hydrogen (secondary N) is 1. The van der Waals surface area contributed by atoms with Gasteiger partial charge in [0.15, 0.2) is 5.82 Å². The molecule has 7 nitrogen and oxygen atoms in total. The molecular weight excluding hydrogens is 318 g/mol. The molecule has 3 aromatic rings. The van der Waals surface area contributed by atoms with Gasteiger partial charge in [-0.3, -0.25) is 14.3 Å². The van der Waals surface area contributed by atoms with Crippen molar-refractivity contribution < 1.29 is 4.79 Å². The summed E-state index contributed by atoms with van der Waals surface area (Å²) in [7, 11) is 1.61. The van der Waals surface area contributed by atoms with Crippen molar-refractivity contribution in [3.63, 3.8) is 0 Å². The van der Waals surface area contributed by atoms with Gasteiger partial charge in [0.1, 0.15) is 12.2 Å². The monoisotopic (exact) mass is 337 g/mol. The molecule has 7 heteroatoms. The Labute approximate surface area is 144 Å². The number of hydrogen-bond acceptors (Lipinski definition) is 4. The Morgan fingerprint density at radius 2 is 1.88 bits per heavy atom. The third kappa shape index (κ3) is 4.00. The van der Waals surface area contributed by atoms with Gasteiger partial charge in [0.25, 0.3) is 0 Å². The van der Waals surface area contributed by atoms with E-state index >= 15 is 0 Å². The first-order valence-electron chi connectivity index (χ1n) is 8.01. The van der Waals surface area contributed by atoms with Crippen LogP contribution in [-0.2, 0) is 24.8 Å². The van der Waals surface area contributed by atoms with Crippen molar-refractivity contribution in [2.24, 2.45) is 7.05 Å². The van der Waals surface area contributed by atoms with Crippen LogP contribution in [0.15, 0.2) is 59.5 Å². The van der Waals surface area contributed by atoms with Crippen LogP contribution in [-0.4, -0.2) is 31.8 Å². The van der Waals surface area contributed by atoms with Gasteiger partial charge >= 0.3 is 5.69 Å². The minimum atomic E-state index is -0.348. The zero-order chi connectivity index (χ0) is 17.6. The molecule has 0 bridgehead atoms. The summed E-state index contributed by atoms with van der Waals surface area (Å²) in [4.78, 5) is 28.5. The number of carbonyl (C=O) groups excluding carboxylic acids is 1. The maximum absolute atomic E-state index is 12.2. The molecule has 0 aliphatic rings. The predicted molar refractivity (Wildman–Crippen MR) is 93.9 cm³/mol. The largest absolute Gasteiger partial charge is 0.354 e. The molecule has 0 spiro atoms. The second kappa shape index (κ2) is 7.57. The Morgan fingerprint density at radius 1 is 1.12 bits per heavy atom. The highest BCUT2D eigenvalue weighted by Gasteiger charge is 2.14. The number of hydrogen-bond donors (Lipinski definition) is 1. The minimum Gasteiger partial charge on any atom is -0.354 e. The summed E-state index contributed by atoms with van der Waals surface area (Å²) < 4.78 is 2.54. The van der Waals surface area contributed by atoms with Gasteiger partial charge in [-0.15, -0.1) is 5.10 Å². The van der Waals surface area contributed by atoms with Gasteiger partial charge in [0.2, 0.25) is 5.91 Å². The number of rotatable bonds is 6. The second-order valence-corrected chi connectivity index (χ2v) is 5.62. The Bertz CT molecular complexity index is 900. The van der Waals surface area contributed by atoms with Crippen LogP contribution >= 0.6 is 0 Å². The second-order valence-electron chi connectivity index (χ2n) is 5.62. The molecule has 1 amide bonds. The molecule has 0 aliphatic carbocycles. The van der Waals surface area contributed by atoms with E-state index in [9.17, 15) is 9.59 Å². The average Bonchev–Trinajstić information content (AvgIpc) is 2.92. The first-order valence-corrected chi connectivity index (χ1v) is 8.01. The summed E-state index contributed by atoms with van der Waals surface area (Å²) in [5, 5.41) is 7.04. The van der Waals surface area contributed by atoms with Crippen molar-refractivity contribution in [1.29, 1.82) is 0 Å². The van der Waals surface area contributed by atoms with Crippen LogP contribution in [0.5, 0.6) is 0 Å². The standard InChI is InChI=1S/C18H19N5O2/c1-22-17(15-9-5-6-11-19-15)21-23(18(22)25)13-16(24)20-12-10-14-7-3-2-4-8-14/h2-9,11H,10,12-13H2,1H3,(H,20,24). The molecule has 0 atom stereocenters. The first-order chi connectivity index (χ1) is 12.1. The van der Waals surface area contributed by atoms with E-state index in [1.165, 1.54) is 4.57 Å². The molecule has 25 heavy (non-hydrogen) atoms. The molecule has 0 radical (unpaired) electrons. The van der Waals surface area contributed by atoms with Crippen LogP contribution in [0.1, 0.15) is 5.56 Å². The van der Waals surface area contributed by atoms with Crippen LogP contribution in [0.3, 0.4) is 0 Å². The third-order valence-electron chi connectivity index (χ3n) is 3.81. The summed E-state index contributed by atoms with van der Waals surface area (Å²) in [5.74, 6) is 0.186. The van der Waals surface area contributed by atoms with Gasteiger partial charge in [-0.25, -0.2) is 9.48 Å². The van der Waals surface area contributed by atoms with Gasteiger partial charge in [-0.1, -0.05) is 36.4 Å². The van der Waals surface area contributed by atoms with Gasteiger partial charge in [-0.05, 0) is 24.1 Å². The van der Waals surface area contributed by atoms with Crippen molar-refractivity contribution in [3.05, 3.63) is 70.8 Å². The van der Waals surface area contributed by atoms with Crippen molar-refractivity contribution in [2.45, 2.75) is 13.0 Å². The number of pyridine rings is 1. The van der Waals surface area contributed by atoms with Crippen LogP contribution in [0.25, 0.3) is 11.5 Å². The van der Waals surface area contributed by atoms with Gasteiger partial charge in [-0.2, -0.15) is 0 Å². The summed E-state index contributed by atoms with van der Waals surface area (Å²) in [6.07, 6.45) is 2.37. The van der Waals surface area contributed by atoms with Crippen molar-refractivity contribution >= 4 is 5.91 Å². The van der Waals surface area contributed by atoms with Crippen LogP contribution in [0, 0.1) is 0 Å². The van der Waals surface area contributed by atoms with Gasteiger partial charge in [0.05, 0.1) is 0 Å². The zero-order valence-corrected chi connectivity index (χ0v) is 13.9. The lowest BCUT2D eigenvalue weighted by Gasteiger charge is -2.04. The highest BCUT2D eigenvalue weighted by atomic mass is 16.2. The van der Waals surface area contributed by atoms with Crippen LogP contribution < -0.4 is 11.0 Å². The lowest BCUT2D eigenvalue weighted by atomic mass is 10.1. The average molecular weight is 337 g/mol. The summed E-state index contributed by atoms with van der Waals surface area (Å²) in [6, 6.07) is 15.3. The maximum atomic E-state index is 12.2. The molecule has 0 saturated heterocycles. The lowest BCUT2D eigenvalue weighted by Crippen LogP contribution is -2.34. The Hall–Kier alpha value is -3.22. The number of aromatic nitrogens is 4. The molecule has 128 valence electrons. The molecule has 0 fully saturated rings. The molecule has 0 aliphatic heterocycles. The fraction of sp³-hybridized carbons (Fsp3) is 0.222. The zero-order valence-electron chi connectivity index (χ0n) is 13.9. The first kappa shape index (κ1) is 16.6. The van der Waals surface area contributed by atoms with Crippen LogP contribution in [0.4, 0.5) is 0 Å². The molecule has 2 aromatic heterocycles. The molecule has 0 unspecified atom stereocenters. The summed E-state index contributed by atoms with van der Waals surface area (Å²) >= 11 is 0. The summed E-state index contributed by atoms with van der Waals surface area (Å²) in [6.45, 7) is 0.395. The Morgan fingerprint density at radius 3 is 2.60 bits per heavy atom. The Balaban J connectivity index is 1.63. The van der Waals surface area contributed by atoms with E-state index in [-0.39, 0.29) is 18.1 Å². The van der Waals surface area contributed by atoms with E-state index in [2.05, 4.69) is 15.4 Å². The molecule has 1 aromatic carbocycles. The maximum Gasteiger partial charge on any atom is 0.346 e. The van der Waals surface area contributed by atoms with Crippen molar-refractivity contribution in [3.8, 4) is 11.5 Å². The molecule has 0 saturated carbocycles. The topological polar surface area (TPSA) is 81.8 Å². The quantitative estimate of drug-likeness (QED) is 0.728. The summed E-state index contributed by atoms with van der Waals surface area (Å²) in [5.41, 5.74) is 1.39. The number of benzene rings is 1. The van der Waals surface area contributed by atoms with Gasteiger partial charge in [0, 0.05) is 19.8 Å².